The molecule has 1 aromatic carbocycles. The average molecular weight is 518 g/mol. The van der Waals surface area contributed by atoms with Crippen LogP contribution < -0.4 is 10.1 Å². The number of piperazine rings is 1. The molecule has 1 fully saturated rings. The van der Waals surface area contributed by atoms with E-state index in [2.05, 4.69) is 5.32 Å². The predicted octanol–water partition coefficient (Wildman–Crippen LogP) is 2.20. The lowest BCUT2D eigenvalue weighted by Gasteiger charge is -2.30. The zero-order chi connectivity index (χ0) is 25.2. The van der Waals surface area contributed by atoms with Crippen LogP contribution in [0.15, 0.2) is 23.1 Å². The summed E-state index contributed by atoms with van der Waals surface area (Å²) in [5.74, 6) is -2.73. The maximum Gasteiger partial charge on any atom is 0.490 e. The lowest BCUT2D eigenvalue weighted by Crippen LogP contribution is -2.50. The van der Waals surface area contributed by atoms with E-state index in [9.17, 15) is 26.4 Å². The third-order valence-electron chi connectivity index (χ3n) is 4.53. The second-order valence-corrected chi connectivity index (χ2v) is 9.26. The lowest BCUT2D eigenvalue weighted by atomic mass is 10.3. The number of nitrogens with one attached hydrogen (secondary N) is 1. The maximum atomic E-state index is 13.2. The topological polar surface area (TPSA) is 116 Å². The third kappa shape index (κ3) is 8.99. The Morgan fingerprint density at radius 2 is 1.85 bits per heavy atom. The number of carboxylic acid groups (broad SMARTS) is 1. The first-order chi connectivity index (χ1) is 15.3. The highest BCUT2D eigenvalue weighted by Crippen LogP contribution is 2.30. The molecular weight excluding hydrogens is 491 g/mol. The molecule has 0 aliphatic carbocycles. The smallest absolute Gasteiger partial charge is 0.490 e. The summed E-state index contributed by atoms with van der Waals surface area (Å²) in [5.41, 5.74) is 0. The minimum atomic E-state index is -5.08. The number of methoxy groups -OCH3 is 1. The standard InChI is InChI=1S/C17H26ClN3O4S.C2HF3O2/c1-3-4-9-21(13-17(22)20-10-7-19-8-11-20)26(23,24)16-12-14(18)5-6-15(16)25-2;3-2(4,5)1(6)7/h5-6,12,19H,3-4,7-11,13H2,1-2H3;(H,6,7). The highest BCUT2D eigenvalue weighted by Gasteiger charge is 2.38. The van der Waals surface area contributed by atoms with Gasteiger partial charge in [0.1, 0.15) is 10.6 Å². The van der Waals surface area contributed by atoms with E-state index in [1.165, 1.54) is 23.5 Å². The molecule has 1 aromatic rings. The summed E-state index contributed by atoms with van der Waals surface area (Å²) in [4.78, 5) is 23.2. The van der Waals surface area contributed by atoms with Crippen molar-refractivity contribution < 1.29 is 41.0 Å². The molecule has 0 saturated carbocycles. The Morgan fingerprint density at radius 3 is 2.33 bits per heavy atom. The van der Waals surface area contributed by atoms with Crippen LogP contribution in [-0.4, -0.2) is 87.2 Å². The predicted molar refractivity (Wildman–Crippen MR) is 115 cm³/mol. The molecule has 0 spiro atoms. The van der Waals surface area contributed by atoms with Gasteiger partial charge in [-0.3, -0.25) is 4.79 Å². The molecule has 0 aromatic heterocycles. The van der Waals surface area contributed by atoms with E-state index in [-0.39, 0.29) is 29.6 Å². The Balaban J connectivity index is 0.000000675. The highest BCUT2D eigenvalue weighted by molar-refractivity contribution is 7.89. The number of unbranched alkanes of at least 4 members (excludes halogenated alkanes) is 1. The Hall–Kier alpha value is -2.09. The first-order valence-corrected chi connectivity index (χ1v) is 11.8. The van der Waals surface area contributed by atoms with Gasteiger partial charge in [-0.05, 0) is 24.6 Å². The van der Waals surface area contributed by atoms with Crippen LogP contribution in [0.2, 0.25) is 5.02 Å². The van der Waals surface area contributed by atoms with Gasteiger partial charge in [0.25, 0.3) is 0 Å². The van der Waals surface area contributed by atoms with Gasteiger partial charge < -0.3 is 20.1 Å². The van der Waals surface area contributed by atoms with E-state index in [0.29, 0.717) is 24.5 Å². The summed E-state index contributed by atoms with van der Waals surface area (Å²) >= 11 is 6.00. The fraction of sp³-hybridized carbons (Fsp3) is 0.579. The summed E-state index contributed by atoms with van der Waals surface area (Å²) in [6, 6.07) is 4.46. The molecule has 0 radical (unpaired) electrons. The number of halogens is 4. The Bertz CT molecular complexity index is 909. The van der Waals surface area contributed by atoms with Crippen molar-refractivity contribution in [1.82, 2.24) is 14.5 Å². The molecule has 2 N–H and O–H groups in total. The van der Waals surface area contributed by atoms with Crippen molar-refractivity contribution in [3.63, 3.8) is 0 Å². The first-order valence-electron chi connectivity index (χ1n) is 9.96. The first kappa shape index (κ1) is 28.9. The van der Waals surface area contributed by atoms with Crippen LogP contribution in [0.5, 0.6) is 5.75 Å². The zero-order valence-corrected chi connectivity index (χ0v) is 19.8. The molecule has 33 heavy (non-hydrogen) atoms. The summed E-state index contributed by atoms with van der Waals surface area (Å²) in [5, 5.41) is 10.6. The van der Waals surface area contributed by atoms with Crippen molar-refractivity contribution in [3.8, 4) is 5.75 Å². The molecule has 9 nitrogen and oxygen atoms in total. The molecule has 0 atom stereocenters. The number of alkyl halides is 3. The summed E-state index contributed by atoms with van der Waals surface area (Å²) in [7, 11) is -2.50. The fourth-order valence-corrected chi connectivity index (χ4v) is 4.62. The Kier molecular flexibility index (Phi) is 11.4. The number of aliphatic carboxylic acids is 1. The largest absolute Gasteiger partial charge is 0.495 e. The number of sulfonamides is 1. The van der Waals surface area contributed by atoms with E-state index in [1.807, 2.05) is 6.92 Å². The molecule has 1 amide bonds. The minimum Gasteiger partial charge on any atom is -0.495 e. The fourth-order valence-electron chi connectivity index (χ4n) is 2.77. The lowest BCUT2D eigenvalue weighted by molar-refractivity contribution is -0.192. The van der Waals surface area contributed by atoms with Crippen molar-refractivity contribution in [1.29, 1.82) is 0 Å². The van der Waals surface area contributed by atoms with Gasteiger partial charge in [-0.1, -0.05) is 24.9 Å². The monoisotopic (exact) mass is 517 g/mol. The van der Waals surface area contributed by atoms with Crippen molar-refractivity contribution in [2.24, 2.45) is 0 Å². The molecular formula is C19H27ClF3N3O6S. The molecule has 14 heteroatoms. The normalized spacial score (nSPS) is 14.5. The Morgan fingerprint density at radius 1 is 1.27 bits per heavy atom. The van der Waals surface area contributed by atoms with Gasteiger partial charge in [-0.25, -0.2) is 13.2 Å². The van der Waals surface area contributed by atoms with Gasteiger partial charge in [0.15, 0.2) is 0 Å². The van der Waals surface area contributed by atoms with Crippen molar-refractivity contribution >= 4 is 33.5 Å². The van der Waals surface area contributed by atoms with Crippen LogP contribution in [0.4, 0.5) is 13.2 Å². The van der Waals surface area contributed by atoms with Gasteiger partial charge in [0, 0.05) is 37.7 Å². The van der Waals surface area contributed by atoms with Gasteiger partial charge >= 0.3 is 12.1 Å². The SMILES string of the molecule is CCCCN(CC(=O)N1CCNCC1)S(=O)(=O)c1cc(Cl)ccc1OC.O=C(O)C(F)(F)F. The Labute approximate surface area is 195 Å². The van der Waals surface area contributed by atoms with Crippen LogP contribution in [0.25, 0.3) is 0 Å². The van der Waals surface area contributed by atoms with Crippen molar-refractivity contribution in [3.05, 3.63) is 23.2 Å². The van der Waals surface area contributed by atoms with E-state index < -0.39 is 22.2 Å². The van der Waals surface area contributed by atoms with E-state index in [1.54, 1.807) is 11.0 Å². The van der Waals surface area contributed by atoms with Crippen LogP contribution in [-0.2, 0) is 19.6 Å². The second kappa shape index (κ2) is 13.0. The minimum absolute atomic E-state index is 0.0169. The number of rotatable bonds is 8. The van der Waals surface area contributed by atoms with Gasteiger partial charge in [0.2, 0.25) is 15.9 Å². The number of carbonyl (C=O) groups is 2. The maximum absolute atomic E-state index is 13.2. The summed E-state index contributed by atoms with van der Waals surface area (Å²) in [6.45, 7) is 4.67. The molecule has 188 valence electrons. The number of benzene rings is 1. The summed E-state index contributed by atoms with van der Waals surface area (Å²) in [6.07, 6.45) is -3.60. The molecule has 1 aliphatic heterocycles. The van der Waals surface area contributed by atoms with E-state index in [4.69, 9.17) is 26.2 Å². The van der Waals surface area contributed by atoms with Gasteiger partial charge in [-0.15, -0.1) is 0 Å². The molecule has 0 unspecified atom stereocenters. The number of amides is 1. The second-order valence-electron chi connectivity index (χ2n) is 6.92. The van der Waals surface area contributed by atoms with Crippen molar-refractivity contribution in [2.75, 3.05) is 46.4 Å². The number of carbonyl (C=O) groups excluding carboxylic acids is 1. The van der Waals surface area contributed by atoms with Crippen LogP contribution in [0.3, 0.4) is 0 Å². The zero-order valence-electron chi connectivity index (χ0n) is 18.2. The average Bonchev–Trinajstić information content (AvgIpc) is 2.76. The quantitative estimate of drug-likeness (QED) is 0.543. The molecule has 2 rings (SSSR count). The number of carboxylic acids is 1. The number of hydrogen-bond acceptors (Lipinski definition) is 6. The molecule has 1 heterocycles. The third-order valence-corrected chi connectivity index (χ3v) is 6.63. The van der Waals surface area contributed by atoms with Gasteiger partial charge in [0.05, 0.1) is 13.7 Å². The van der Waals surface area contributed by atoms with E-state index >= 15 is 0 Å². The molecule has 0 bridgehead atoms. The van der Waals surface area contributed by atoms with Crippen LogP contribution in [0.1, 0.15) is 19.8 Å². The highest BCUT2D eigenvalue weighted by atomic mass is 35.5. The van der Waals surface area contributed by atoms with Crippen LogP contribution in [0, 0.1) is 0 Å². The number of hydrogen-bond donors (Lipinski definition) is 2. The summed E-state index contributed by atoms with van der Waals surface area (Å²) < 4.78 is 64.5. The molecule has 1 saturated heterocycles. The molecule has 1 aliphatic rings. The van der Waals surface area contributed by atoms with Gasteiger partial charge in [-0.2, -0.15) is 17.5 Å². The van der Waals surface area contributed by atoms with Crippen molar-refractivity contribution in [2.45, 2.75) is 30.8 Å². The van der Waals surface area contributed by atoms with Crippen LogP contribution >= 0.6 is 11.6 Å². The number of ether oxygens (including phenoxy) is 1. The van der Waals surface area contributed by atoms with E-state index in [0.717, 1.165) is 19.5 Å². The number of nitrogens with zero attached hydrogens (tertiary/aromatic N) is 2.